The van der Waals surface area contributed by atoms with E-state index in [2.05, 4.69) is 41.2 Å². The summed E-state index contributed by atoms with van der Waals surface area (Å²) in [4.78, 5) is 30.1. The fourth-order valence-electron chi connectivity index (χ4n) is 4.38. The molecule has 0 radical (unpaired) electrons. The Hall–Kier alpha value is -4.58. The van der Waals surface area contributed by atoms with Crippen molar-refractivity contribution in [2.45, 2.75) is 32.0 Å². The second-order valence-electron chi connectivity index (χ2n) is 9.43. The molecular weight excluding hydrogens is 521 g/mol. The number of carbonyl (C=O) groups excluding carboxylic acids is 1. The Morgan fingerprint density at radius 2 is 1.82 bits per heavy atom. The second-order valence-corrected chi connectivity index (χ2v) is 9.43. The van der Waals surface area contributed by atoms with E-state index in [1.54, 1.807) is 24.4 Å². The Bertz CT molecular complexity index is 1510. The quantitative estimate of drug-likeness (QED) is 0.242. The van der Waals surface area contributed by atoms with Crippen molar-refractivity contribution < 1.29 is 18.0 Å². The first kappa shape index (κ1) is 27.0. The standard InChI is InChI=1S/C28H27F3N8O/c1-17-5-6-21(38-27(40)18-3-2-4-19(11-18)28(29,30)31)12-23(17)39-26-22(14-33-15-36-26)24-13-25(35-16-34-24)37-20-7-9-32-10-8-20/h2-6,11-16,20,32H,7-10H2,1H3,(H,38,40)(H,33,36,39)(H,34,35,37). The van der Waals surface area contributed by atoms with E-state index in [4.69, 9.17) is 0 Å². The Morgan fingerprint density at radius 3 is 2.62 bits per heavy atom. The van der Waals surface area contributed by atoms with E-state index in [-0.39, 0.29) is 5.56 Å². The van der Waals surface area contributed by atoms with Gasteiger partial charge >= 0.3 is 6.18 Å². The van der Waals surface area contributed by atoms with Gasteiger partial charge in [0, 0.05) is 35.2 Å². The van der Waals surface area contributed by atoms with E-state index >= 15 is 0 Å². The van der Waals surface area contributed by atoms with Crippen LogP contribution in [0.5, 0.6) is 0 Å². The van der Waals surface area contributed by atoms with E-state index in [0.29, 0.717) is 40.3 Å². The van der Waals surface area contributed by atoms with Crippen molar-refractivity contribution in [2.24, 2.45) is 0 Å². The average Bonchev–Trinajstić information content (AvgIpc) is 2.95. The highest BCUT2D eigenvalue weighted by atomic mass is 19.4. The molecule has 5 rings (SSSR count). The first-order chi connectivity index (χ1) is 19.3. The summed E-state index contributed by atoms with van der Waals surface area (Å²) >= 11 is 0. The number of aromatic nitrogens is 4. The summed E-state index contributed by atoms with van der Waals surface area (Å²) in [5, 5.41) is 12.8. The topological polar surface area (TPSA) is 117 Å². The number of amides is 1. The number of piperidine rings is 1. The van der Waals surface area contributed by atoms with Gasteiger partial charge in [-0.1, -0.05) is 12.1 Å². The van der Waals surface area contributed by atoms with Gasteiger partial charge in [-0.2, -0.15) is 13.2 Å². The van der Waals surface area contributed by atoms with Gasteiger partial charge < -0.3 is 21.3 Å². The maximum absolute atomic E-state index is 13.1. The lowest BCUT2D eigenvalue weighted by molar-refractivity contribution is -0.137. The highest BCUT2D eigenvalue weighted by molar-refractivity contribution is 6.04. The molecule has 3 heterocycles. The summed E-state index contributed by atoms with van der Waals surface area (Å²) < 4.78 is 39.2. The SMILES string of the molecule is Cc1ccc(NC(=O)c2cccc(C(F)(F)F)c2)cc1Nc1ncncc1-c1cc(NC2CCNCC2)ncn1. The van der Waals surface area contributed by atoms with E-state index in [1.807, 2.05) is 13.0 Å². The lowest BCUT2D eigenvalue weighted by Gasteiger charge is -2.24. The molecular formula is C28H27F3N8O. The molecule has 0 atom stereocenters. The third-order valence-corrected chi connectivity index (χ3v) is 6.55. The van der Waals surface area contributed by atoms with Crippen LogP contribution < -0.4 is 21.3 Å². The lowest BCUT2D eigenvalue weighted by atomic mass is 10.1. The zero-order chi connectivity index (χ0) is 28.1. The van der Waals surface area contributed by atoms with E-state index in [9.17, 15) is 18.0 Å². The van der Waals surface area contributed by atoms with Crippen LogP contribution in [0.3, 0.4) is 0 Å². The maximum Gasteiger partial charge on any atom is 0.416 e. The number of aryl methyl sites for hydroxylation is 1. The van der Waals surface area contributed by atoms with Crippen molar-refractivity contribution in [2.75, 3.05) is 29.0 Å². The molecule has 2 aromatic heterocycles. The monoisotopic (exact) mass is 548 g/mol. The van der Waals surface area contributed by atoms with Crippen LogP contribution in [0.1, 0.15) is 34.3 Å². The van der Waals surface area contributed by atoms with Gasteiger partial charge in [0.25, 0.3) is 5.91 Å². The van der Waals surface area contributed by atoms with Crippen LogP contribution in [0.25, 0.3) is 11.3 Å². The van der Waals surface area contributed by atoms with Crippen molar-refractivity contribution in [3.05, 3.63) is 84.1 Å². The van der Waals surface area contributed by atoms with Gasteiger partial charge in [0.1, 0.15) is 24.3 Å². The molecule has 1 aliphatic rings. The third-order valence-electron chi connectivity index (χ3n) is 6.55. The molecule has 40 heavy (non-hydrogen) atoms. The highest BCUT2D eigenvalue weighted by Gasteiger charge is 2.31. The zero-order valence-electron chi connectivity index (χ0n) is 21.6. The zero-order valence-corrected chi connectivity index (χ0v) is 21.6. The Morgan fingerprint density at radius 1 is 1.00 bits per heavy atom. The summed E-state index contributed by atoms with van der Waals surface area (Å²) in [6, 6.07) is 11.6. The average molecular weight is 549 g/mol. The van der Waals surface area contributed by atoms with E-state index < -0.39 is 17.6 Å². The summed E-state index contributed by atoms with van der Waals surface area (Å²) in [7, 11) is 0. The lowest BCUT2D eigenvalue weighted by Crippen LogP contribution is -2.35. The molecule has 4 aromatic rings. The van der Waals surface area contributed by atoms with Gasteiger partial charge in [-0.3, -0.25) is 4.79 Å². The van der Waals surface area contributed by atoms with Crippen molar-refractivity contribution >= 4 is 28.9 Å². The normalized spacial score (nSPS) is 14.0. The number of carbonyl (C=O) groups is 1. The number of anilines is 4. The molecule has 0 aliphatic carbocycles. The minimum Gasteiger partial charge on any atom is -0.367 e. The van der Waals surface area contributed by atoms with Crippen LogP contribution in [-0.4, -0.2) is 45.0 Å². The van der Waals surface area contributed by atoms with Crippen molar-refractivity contribution in [3.8, 4) is 11.3 Å². The molecule has 4 N–H and O–H groups in total. The number of nitrogens with one attached hydrogen (secondary N) is 4. The van der Waals surface area contributed by atoms with Crippen molar-refractivity contribution in [3.63, 3.8) is 0 Å². The molecule has 1 aliphatic heterocycles. The predicted octanol–water partition coefficient (Wildman–Crippen LogP) is 5.42. The van der Waals surface area contributed by atoms with Crippen LogP contribution in [0.15, 0.2) is 67.4 Å². The summed E-state index contributed by atoms with van der Waals surface area (Å²) in [5.74, 6) is 0.548. The summed E-state index contributed by atoms with van der Waals surface area (Å²) in [6.45, 7) is 3.79. The Labute approximate surface area is 228 Å². The summed E-state index contributed by atoms with van der Waals surface area (Å²) in [6.07, 6.45) is 2.02. The van der Waals surface area contributed by atoms with Crippen LogP contribution in [0.2, 0.25) is 0 Å². The predicted molar refractivity (Wildman–Crippen MR) is 146 cm³/mol. The Balaban J connectivity index is 1.35. The van der Waals surface area contributed by atoms with Gasteiger partial charge in [0.2, 0.25) is 0 Å². The van der Waals surface area contributed by atoms with Crippen LogP contribution in [-0.2, 0) is 6.18 Å². The molecule has 206 valence electrons. The van der Waals surface area contributed by atoms with E-state index in [1.165, 1.54) is 24.8 Å². The number of hydrogen-bond donors (Lipinski definition) is 4. The summed E-state index contributed by atoms with van der Waals surface area (Å²) in [5.41, 5.74) is 2.20. The molecule has 1 amide bonds. The second kappa shape index (κ2) is 11.7. The molecule has 9 nitrogen and oxygen atoms in total. The van der Waals surface area contributed by atoms with Crippen LogP contribution in [0, 0.1) is 6.92 Å². The van der Waals surface area contributed by atoms with Gasteiger partial charge in [0.05, 0.1) is 16.8 Å². The number of halogens is 3. The van der Waals surface area contributed by atoms with Gasteiger partial charge in [-0.05, 0) is 68.8 Å². The number of alkyl halides is 3. The minimum absolute atomic E-state index is 0.0966. The number of benzene rings is 2. The smallest absolute Gasteiger partial charge is 0.367 e. The number of rotatable bonds is 7. The molecule has 1 saturated heterocycles. The van der Waals surface area contributed by atoms with Crippen molar-refractivity contribution in [1.82, 2.24) is 25.3 Å². The molecule has 2 aromatic carbocycles. The maximum atomic E-state index is 13.1. The molecule has 12 heteroatoms. The Kier molecular flexibility index (Phi) is 7.87. The first-order valence-electron chi connectivity index (χ1n) is 12.7. The van der Waals surface area contributed by atoms with E-state index in [0.717, 1.165) is 43.6 Å². The van der Waals surface area contributed by atoms with Gasteiger partial charge in [-0.25, -0.2) is 19.9 Å². The first-order valence-corrected chi connectivity index (χ1v) is 12.7. The molecule has 0 spiro atoms. The fraction of sp³-hybridized carbons (Fsp3) is 0.250. The largest absolute Gasteiger partial charge is 0.416 e. The van der Waals surface area contributed by atoms with Crippen LogP contribution >= 0.6 is 0 Å². The molecule has 1 fully saturated rings. The molecule has 0 bridgehead atoms. The fourth-order valence-corrected chi connectivity index (χ4v) is 4.38. The minimum atomic E-state index is -4.54. The van der Waals surface area contributed by atoms with Crippen molar-refractivity contribution in [1.29, 1.82) is 0 Å². The molecule has 0 saturated carbocycles. The van der Waals surface area contributed by atoms with Gasteiger partial charge in [-0.15, -0.1) is 0 Å². The number of nitrogens with zero attached hydrogens (tertiary/aromatic N) is 4. The number of hydrogen-bond acceptors (Lipinski definition) is 8. The molecule has 0 unspecified atom stereocenters. The third kappa shape index (κ3) is 6.52. The highest BCUT2D eigenvalue weighted by Crippen LogP contribution is 2.31. The van der Waals surface area contributed by atoms with Gasteiger partial charge in [0.15, 0.2) is 0 Å². The van der Waals surface area contributed by atoms with Crippen LogP contribution in [0.4, 0.5) is 36.2 Å².